The molecule has 0 aromatic heterocycles. The SMILES string of the molecule is Cc1cccc(C)c1C(Br)Cc1ccc(Cl)cc1. The average molecular weight is 324 g/mol. The van der Waals surface area contributed by atoms with E-state index in [1.165, 1.54) is 22.3 Å². The van der Waals surface area contributed by atoms with Gasteiger partial charge >= 0.3 is 0 Å². The Balaban J connectivity index is 2.22. The second kappa shape index (κ2) is 5.90. The Morgan fingerprint density at radius 3 is 2.11 bits per heavy atom. The van der Waals surface area contributed by atoms with Crippen molar-refractivity contribution in [3.05, 3.63) is 69.7 Å². The molecule has 94 valence electrons. The summed E-state index contributed by atoms with van der Waals surface area (Å²) in [6.07, 6.45) is 0.975. The van der Waals surface area contributed by atoms with Crippen LogP contribution >= 0.6 is 27.5 Å². The third kappa shape index (κ3) is 3.15. The predicted molar refractivity (Wildman–Crippen MR) is 82.7 cm³/mol. The zero-order valence-corrected chi connectivity index (χ0v) is 12.9. The van der Waals surface area contributed by atoms with Crippen LogP contribution < -0.4 is 0 Å². The van der Waals surface area contributed by atoms with Gasteiger partial charge in [0.2, 0.25) is 0 Å². The summed E-state index contributed by atoms with van der Waals surface area (Å²) in [5, 5.41) is 0.789. The number of hydrogen-bond donors (Lipinski definition) is 0. The normalized spacial score (nSPS) is 12.4. The average Bonchev–Trinajstić information content (AvgIpc) is 2.32. The van der Waals surface area contributed by atoms with Crippen LogP contribution in [-0.4, -0.2) is 0 Å². The van der Waals surface area contributed by atoms with E-state index in [2.05, 4.69) is 60.1 Å². The van der Waals surface area contributed by atoms with Gasteiger partial charge in [0.25, 0.3) is 0 Å². The summed E-state index contributed by atoms with van der Waals surface area (Å²) in [6.45, 7) is 4.33. The second-order valence-electron chi connectivity index (χ2n) is 4.60. The maximum Gasteiger partial charge on any atom is 0.0440 e. The first-order valence-corrected chi connectivity index (χ1v) is 7.32. The fraction of sp³-hybridized carbons (Fsp3) is 0.250. The summed E-state index contributed by atoms with van der Waals surface area (Å²) in [5.41, 5.74) is 5.37. The molecule has 0 nitrogen and oxygen atoms in total. The second-order valence-corrected chi connectivity index (χ2v) is 6.15. The van der Waals surface area contributed by atoms with Crippen molar-refractivity contribution in [3.8, 4) is 0 Å². The number of benzene rings is 2. The lowest BCUT2D eigenvalue weighted by molar-refractivity contribution is 0.927. The van der Waals surface area contributed by atoms with Gasteiger partial charge in [-0.05, 0) is 54.7 Å². The summed E-state index contributed by atoms with van der Waals surface area (Å²) in [7, 11) is 0. The predicted octanol–water partition coefficient (Wildman–Crippen LogP) is 5.64. The topological polar surface area (TPSA) is 0 Å². The van der Waals surface area contributed by atoms with E-state index in [1.54, 1.807) is 0 Å². The highest BCUT2D eigenvalue weighted by Crippen LogP contribution is 2.32. The minimum atomic E-state index is 0.347. The Labute approximate surface area is 122 Å². The minimum absolute atomic E-state index is 0.347. The highest BCUT2D eigenvalue weighted by atomic mass is 79.9. The highest BCUT2D eigenvalue weighted by molar-refractivity contribution is 9.09. The van der Waals surface area contributed by atoms with E-state index in [9.17, 15) is 0 Å². The fourth-order valence-corrected chi connectivity index (χ4v) is 3.47. The van der Waals surface area contributed by atoms with Gasteiger partial charge in [-0.15, -0.1) is 0 Å². The Morgan fingerprint density at radius 2 is 1.56 bits per heavy atom. The van der Waals surface area contributed by atoms with Gasteiger partial charge in [0, 0.05) is 9.85 Å². The molecule has 0 N–H and O–H groups in total. The molecule has 2 aromatic carbocycles. The molecule has 0 aliphatic rings. The Kier molecular flexibility index (Phi) is 4.47. The number of hydrogen-bond acceptors (Lipinski definition) is 0. The van der Waals surface area contributed by atoms with Gasteiger partial charge in [-0.3, -0.25) is 0 Å². The monoisotopic (exact) mass is 322 g/mol. The Morgan fingerprint density at radius 1 is 1.00 bits per heavy atom. The lowest BCUT2D eigenvalue weighted by Crippen LogP contribution is -2.00. The molecule has 0 bridgehead atoms. The molecule has 2 rings (SSSR count). The number of halogens is 2. The molecule has 2 heteroatoms. The molecule has 0 fully saturated rings. The van der Waals surface area contributed by atoms with Gasteiger partial charge in [0.05, 0.1) is 0 Å². The van der Waals surface area contributed by atoms with Crippen molar-refractivity contribution in [3.63, 3.8) is 0 Å². The van der Waals surface area contributed by atoms with Crippen LogP contribution in [0.25, 0.3) is 0 Å². The number of alkyl halides is 1. The van der Waals surface area contributed by atoms with Crippen LogP contribution in [0.3, 0.4) is 0 Å². The molecule has 0 aliphatic carbocycles. The molecule has 0 spiro atoms. The van der Waals surface area contributed by atoms with E-state index < -0.39 is 0 Å². The van der Waals surface area contributed by atoms with Crippen molar-refractivity contribution in [1.82, 2.24) is 0 Å². The summed E-state index contributed by atoms with van der Waals surface area (Å²) in [4.78, 5) is 0.347. The van der Waals surface area contributed by atoms with Gasteiger partial charge in [0.1, 0.15) is 0 Å². The molecule has 0 saturated heterocycles. The maximum atomic E-state index is 5.90. The standard InChI is InChI=1S/C16H16BrCl/c1-11-4-3-5-12(2)16(11)15(17)10-13-6-8-14(18)9-7-13/h3-9,15H,10H2,1-2H3. The quantitative estimate of drug-likeness (QED) is 0.642. The van der Waals surface area contributed by atoms with Crippen molar-refractivity contribution in [2.45, 2.75) is 25.1 Å². The van der Waals surface area contributed by atoms with E-state index in [1.807, 2.05) is 12.1 Å². The number of rotatable bonds is 3. The summed E-state index contributed by atoms with van der Waals surface area (Å²) in [6, 6.07) is 14.5. The summed E-state index contributed by atoms with van der Waals surface area (Å²) >= 11 is 9.71. The summed E-state index contributed by atoms with van der Waals surface area (Å²) < 4.78 is 0. The maximum absolute atomic E-state index is 5.90. The van der Waals surface area contributed by atoms with E-state index in [4.69, 9.17) is 11.6 Å². The molecule has 0 radical (unpaired) electrons. The molecular formula is C16H16BrCl. The first-order valence-electron chi connectivity index (χ1n) is 6.02. The van der Waals surface area contributed by atoms with Crippen LogP contribution in [0.15, 0.2) is 42.5 Å². The van der Waals surface area contributed by atoms with Crippen molar-refractivity contribution in [1.29, 1.82) is 0 Å². The van der Waals surface area contributed by atoms with E-state index in [-0.39, 0.29) is 0 Å². The smallest absolute Gasteiger partial charge is 0.0440 e. The van der Waals surface area contributed by atoms with Crippen LogP contribution in [-0.2, 0) is 6.42 Å². The van der Waals surface area contributed by atoms with Crippen molar-refractivity contribution in [2.24, 2.45) is 0 Å². The third-order valence-electron chi connectivity index (χ3n) is 3.18. The molecular weight excluding hydrogens is 308 g/mol. The van der Waals surface area contributed by atoms with Gasteiger partial charge in [-0.1, -0.05) is 57.9 Å². The molecule has 0 aliphatic heterocycles. The van der Waals surface area contributed by atoms with Crippen LogP contribution in [0.1, 0.15) is 27.1 Å². The van der Waals surface area contributed by atoms with Crippen LogP contribution in [0.4, 0.5) is 0 Å². The molecule has 1 unspecified atom stereocenters. The Hall–Kier alpha value is -0.790. The molecule has 0 saturated carbocycles. The van der Waals surface area contributed by atoms with E-state index in [0.29, 0.717) is 4.83 Å². The molecule has 1 atom stereocenters. The highest BCUT2D eigenvalue weighted by Gasteiger charge is 2.13. The molecule has 0 heterocycles. The Bertz CT molecular complexity index is 511. The van der Waals surface area contributed by atoms with Crippen LogP contribution in [0.5, 0.6) is 0 Å². The van der Waals surface area contributed by atoms with Gasteiger partial charge < -0.3 is 0 Å². The van der Waals surface area contributed by atoms with Crippen molar-refractivity contribution < 1.29 is 0 Å². The van der Waals surface area contributed by atoms with Gasteiger partial charge in [0.15, 0.2) is 0 Å². The summed E-state index contributed by atoms with van der Waals surface area (Å²) in [5.74, 6) is 0. The van der Waals surface area contributed by atoms with E-state index >= 15 is 0 Å². The van der Waals surface area contributed by atoms with Crippen molar-refractivity contribution >= 4 is 27.5 Å². The molecule has 2 aromatic rings. The largest absolute Gasteiger partial charge is 0.0843 e. The number of aryl methyl sites for hydroxylation is 2. The van der Waals surface area contributed by atoms with Crippen LogP contribution in [0.2, 0.25) is 5.02 Å². The van der Waals surface area contributed by atoms with Gasteiger partial charge in [-0.25, -0.2) is 0 Å². The van der Waals surface area contributed by atoms with Crippen molar-refractivity contribution in [2.75, 3.05) is 0 Å². The lowest BCUT2D eigenvalue weighted by atomic mass is 9.96. The molecule has 18 heavy (non-hydrogen) atoms. The minimum Gasteiger partial charge on any atom is -0.0843 e. The van der Waals surface area contributed by atoms with E-state index in [0.717, 1.165) is 11.4 Å². The fourth-order valence-electron chi connectivity index (χ4n) is 2.25. The lowest BCUT2D eigenvalue weighted by Gasteiger charge is -2.16. The zero-order chi connectivity index (χ0) is 13.1. The first-order chi connectivity index (χ1) is 8.58. The third-order valence-corrected chi connectivity index (χ3v) is 4.22. The van der Waals surface area contributed by atoms with Gasteiger partial charge in [-0.2, -0.15) is 0 Å². The first kappa shape index (κ1) is 13.6. The zero-order valence-electron chi connectivity index (χ0n) is 10.6. The molecule has 0 amide bonds. The van der Waals surface area contributed by atoms with Crippen LogP contribution in [0, 0.1) is 13.8 Å².